The highest BCUT2D eigenvalue weighted by atomic mass is 16.5. The van der Waals surface area contributed by atoms with Gasteiger partial charge in [-0.15, -0.1) is 0 Å². The Hall–Kier alpha value is -2.30. The maximum atomic E-state index is 12.6. The van der Waals surface area contributed by atoms with Crippen molar-refractivity contribution in [2.24, 2.45) is 11.8 Å². The molecule has 24 heavy (non-hydrogen) atoms. The van der Waals surface area contributed by atoms with Gasteiger partial charge in [0.25, 0.3) is 0 Å². The Labute approximate surface area is 141 Å². The number of nitrogens with one attached hydrogen (secondary N) is 1. The van der Waals surface area contributed by atoms with E-state index < -0.39 is 0 Å². The summed E-state index contributed by atoms with van der Waals surface area (Å²) in [6, 6.07) is 5.90. The lowest BCUT2D eigenvalue weighted by molar-refractivity contribution is -0.139. The lowest BCUT2D eigenvalue weighted by atomic mass is 9.81. The lowest BCUT2D eigenvalue weighted by Gasteiger charge is -2.19. The lowest BCUT2D eigenvalue weighted by Crippen LogP contribution is -2.33. The molecule has 126 valence electrons. The van der Waals surface area contributed by atoms with Crippen LogP contribution in [0.5, 0.6) is 5.75 Å². The largest absolute Gasteiger partial charge is 0.497 e. The molecular formula is C19H22N2O3. The van der Waals surface area contributed by atoms with E-state index in [-0.39, 0.29) is 23.7 Å². The molecule has 0 bridgehead atoms. The second-order valence-corrected chi connectivity index (χ2v) is 6.80. The van der Waals surface area contributed by atoms with Crippen LogP contribution in [-0.2, 0) is 16.0 Å². The zero-order valence-electron chi connectivity index (χ0n) is 13.9. The molecule has 1 saturated carbocycles. The van der Waals surface area contributed by atoms with E-state index in [9.17, 15) is 9.59 Å². The van der Waals surface area contributed by atoms with E-state index >= 15 is 0 Å². The maximum Gasteiger partial charge on any atom is 0.233 e. The van der Waals surface area contributed by atoms with Gasteiger partial charge in [0.1, 0.15) is 5.75 Å². The number of fused-ring (bicyclic) bond motifs is 2. The monoisotopic (exact) mass is 326 g/mol. The van der Waals surface area contributed by atoms with Gasteiger partial charge < -0.3 is 9.72 Å². The molecule has 5 nitrogen and oxygen atoms in total. The molecule has 2 fully saturated rings. The Kier molecular flexibility index (Phi) is 3.79. The van der Waals surface area contributed by atoms with Crippen molar-refractivity contribution in [2.45, 2.75) is 32.1 Å². The van der Waals surface area contributed by atoms with Crippen molar-refractivity contribution in [1.29, 1.82) is 0 Å². The Morgan fingerprint density at radius 2 is 1.88 bits per heavy atom. The third kappa shape index (κ3) is 2.39. The predicted octanol–water partition coefficient (Wildman–Crippen LogP) is 2.89. The van der Waals surface area contributed by atoms with Crippen LogP contribution in [-0.4, -0.2) is 35.4 Å². The summed E-state index contributed by atoms with van der Waals surface area (Å²) in [5.41, 5.74) is 2.15. The molecule has 1 aliphatic carbocycles. The Morgan fingerprint density at radius 1 is 1.17 bits per heavy atom. The summed E-state index contributed by atoms with van der Waals surface area (Å²) >= 11 is 0. The van der Waals surface area contributed by atoms with Crippen molar-refractivity contribution in [1.82, 2.24) is 9.88 Å². The third-order valence-corrected chi connectivity index (χ3v) is 5.51. The molecule has 1 N–H and O–H groups in total. The third-order valence-electron chi connectivity index (χ3n) is 5.51. The van der Waals surface area contributed by atoms with E-state index in [0.717, 1.165) is 47.9 Å². The molecule has 2 aromatic rings. The summed E-state index contributed by atoms with van der Waals surface area (Å²) in [6.45, 7) is 0.467. The molecule has 1 saturated heterocycles. The fourth-order valence-corrected chi connectivity index (χ4v) is 4.17. The fourth-order valence-electron chi connectivity index (χ4n) is 4.17. The molecule has 2 aliphatic rings. The number of benzene rings is 1. The first kappa shape index (κ1) is 15.2. The standard InChI is InChI=1S/C19H22N2O3/c1-24-13-6-7-17-16(10-13)12(11-20-17)8-9-21-18(22)14-4-2-3-5-15(14)19(21)23/h6-7,10-11,14-15,20H,2-5,8-9H2,1H3/t14-,15-/m0/s1. The summed E-state index contributed by atoms with van der Waals surface area (Å²) < 4.78 is 5.29. The summed E-state index contributed by atoms with van der Waals surface area (Å²) in [5.74, 6) is 0.774. The number of imide groups is 1. The molecular weight excluding hydrogens is 304 g/mol. The number of likely N-dealkylation sites (tertiary alicyclic amines) is 1. The van der Waals surface area contributed by atoms with E-state index in [1.54, 1.807) is 7.11 Å². The van der Waals surface area contributed by atoms with Gasteiger partial charge in [-0.25, -0.2) is 0 Å². The van der Waals surface area contributed by atoms with Crippen LogP contribution < -0.4 is 4.74 Å². The van der Waals surface area contributed by atoms with Gasteiger partial charge in [-0.1, -0.05) is 12.8 Å². The number of aromatic amines is 1. The number of aromatic nitrogens is 1. The number of hydrogen-bond donors (Lipinski definition) is 1. The van der Waals surface area contributed by atoms with Gasteiger partial charge in [-0.3, -0.25) is 14.5 Å². The quantitative estimate of drug-likeness (QED) is 0.879. The molecule has 1 aliphatic heterocycles. The number of methoxy groups -OCH3 is 1. The minimum absolute atomic E-state index is 0.0436. The van der Waals surface area contributed by atoms with Gasteiger partial charge in [-0.05, 0) is 43.0 Å². The van der Waals surface area contributed by atoms with Gasteiger partial charge >= 0.3 is 0 Å². The Morgan fingerprint density at radius 3 is 2.54 bits per heavy atom. The first-order valence-electron chi connectivity index (χ1n) is 8.68. The number of amides is 2. The first-order valence-corrected chi connectivity index (χ1v) is 8.68. The van der Waals surface area contributed by atoms with Crippen molar-refractivity contribution in [2.75, 3.05) is 13.7 Å². The predicted molar refractivity (Wildman–Crippen MR) is 90.7 cm³/mol. The Bertz CT molecular complexity index is 771. The number of carbonyl (C=O) groups excluding carboxylic acids is 2. The van der Waals surface area contributed by atoms with Crippen molar-refractivity contribution in [3.8, 4) is 5.75 Å². The van der Waals surface area contributed by atoms with Crippen molar-refractivity contribution < 1.29 is 14.3 Å². The minimum Gasteiger partial charge on any atom is -0.497 e. The molecule has 2 heterocycles. The summed E-state index contributed by atoms with van der Waals surface area (Å²) in [6.07, 6.45) is 6.50. The molecule has 0 radical (unpaired) electrons. The van der Waals surface area contributed by atoms with E-state index in [1.807, 2.05) is 24.4 Å². The van der Waals surface area contributed by atoms with Crippen molar-refractivity contribution in [3.63, 3.8) is 0 Å². The van der Waals surface area contributed by atoms with E-state index in [2.05, 4.69) is 4.98 Å². The second kappa shape index (κ2) is 5.96. The summed E-state index contributed by atoms with van der Waals surface area (Å²) in [4.78, 5) is 29.8. The summed E-state index contributed by atoms with van der Waals surface area (Å²) in [7, 11) is 1.65. The maximum absolute atomic E-state index is 12.6. The van der Waals surface area contributed by atoms with E-state index in [1.165, 1.54) is 4.90 Å². The average molecular weight is 326 g/mol. The van der Waals surface area contributed by atoms with Crippen LogP contribution in [0.4, 0.5) is 0 Å². The van der Waals surface area contributed by atoms with Crippen LogP contribution in [0.2, 0.25) is 0 Å². The highest BCUT2D eigenvalue weighted by molar-refractivity contribution is 6.05. The van der Waals surface area contributed by atoms with Crippen LogP contribution in [0.1, 0.15) is 31.2 Å². The van der Waals surface area contributed by atoms with E-state index in [0.29, 0.717) is 13.0 Å². The first-order chi connectivity index (χ1) is 11.7. The van der Waals surface area contributed by atoms with Gasteiger partial charge in [-0.2, -0.15) is 0 Å². The van der Waals surface area contributed by atoms with Crippen LogP contribution in [0.3, 0.4) is 0 Å². The molecule has 2 amide bonds. The minimum atomic E-state index is -0.0608. The topological polar surface area (TPSA) is 62.4 Å². The van der Waals surface area contributed by atoms with Crippen LogP contribution in [0, 0.1) is 11.8 Å². The number of H-pyrrole nitrogens is 1. The molecule has 1 aromatic carbocycles. The highest BCUT2D eigenvalue weighted by Crippen LogP contribution is 2.38. The van der Waals surface area contributed by atoms with Crippen LogP contribution >= 0.6 is 0 Å². The number of nitrogens with zero attached hydrogens (tertiary/aromatic N) is 1. The van der Waals surface area contributed by atoms with Crippen LogP contribution in [0.15, 0.2) is 24.4 Å². The summed E-state index contributed by atoms with van der Waals surface area (Å²) in [5, 5.41) is 1.09. The number of rotatable bonds is 4. The molecule has 0 spiro atoms. The van der Waals surface area contributed by atoms with Crippen molar-refractivity contribution in [3.05, 3.63) is 30.0 Å². The van der Waals surface area contributed by atoms with Gasteiger partial charge in [0, 0.05) is 23.6 Å². The van der Waals surface area contributed by atoms with E-state index in [4.69, 9.17) is 4.74 Å². The zero-order valence-corrected chi connectivity index (χ0v) is 13.9. The molecule has 0 unspecified atom stereocenters. The number of ether oxygens (including phenoxy) is 1. The van der Waals surface area contributed by atoms with Gasteiger partial charge in [0.2, 0.25) is 11.8 Å². The van der Waals surface area contributed by atoms with Gasteiger partial charge in [0.05, 0.1) is 18.9 Å². The molecule has 4 rings (SSSR count). The molecule has 1 aromatic heterocycles. The SMILES string of the molecule is COc1ccc2[nH]cc(CCN3C(=O)[C@H]4CCCC[C@@H]4C3=O)c2c1. The van der Waals surface area contributed by atoms with Crippen LogP contribution in [0.25, 0.3) is 10.9 Å². The number of carbonyl (C=O) groups is 2. The Balaban J connectivity index is 1.52. The smallest absolute Gasteiger partial charge is 0.233 e. The molecule has 5 heteroatoms. The van der Waals surface area contributed by atoms with Crippen molar-refractivity contribution >= 4 is 22.7 Å². The fraction of sp³-hybridized carbons (Fsp3) is 0.474. The number of hydrogen-bond acceptors (Lipinski definition) is 3. The zero-order chi connectivity index (χ0) is 16.7. The average Bonchev–Trinajstić information content (AvgIpc) is 3.13. The molecule has 2 atom stereocenters. The highest BCUT2D eigenvalue weighted by Gasteiger charge is 2.47. The second-order valence-electron chi connectivity index (χ2n) is 6.80. The normalized spacial score (nSPS) is 23.8. The van der Waals surface area contributed by atoms with Gasteiger partial charge in [0.15, 0.2) is 0 Å².